The van der Waals surface area contributed by atoms with Crippen LogP contribution in [0.15, 0.2) is 12.4 Å². The van der Waals surface area contributed by atoms with Crippen LogP contribution in [0.1, 0.15) is 24.2 Å². The Bertz CT molecular complexity index is 478. The molecule has 0 radical (unpaired) electrons. The minimum Gasteiger partial charge on any atom is -0.450 e. The largest absolute Gasteiger partial charge is 0.450 e. The molecule has 1 aromatic rings. The highest BCUT2D eigenvalue weighted by Gasteiger charge is 2.25. The molecule has 0 saturated carbocycles. The minimum absolute atomic E-state index is 0.0341. The smallest absolute Gasteiger partial charge is 0.409 e. The first-order valence-corrected chi connectivity index (χ1v) is 6.89. The summed E-state index contributed by atoms with van der Waals surface area (Å²) < 4.78 is 6.67. The molecule has 110 valence electrons. The summed E-state index contributed by atoms with van der Waals surface area (Å²) in [4.78, 5) is 27.2. The van der Waals surface area contributed by atoms with Crippen LogP contribution in [-0.2, 0) is 11.3 Å². The Labute approximate surface area is 118 Å². The summed E-state index contributed by atoms with van der Waals surface area (Å²) in [6, 6.07) is 0. The lowest BCUT2D eigenvalue weighted by atomic mass is 10.2. The monoisotopic (exact) mass is 280 g/mol. The van der Waals surface area contributed by atoms with Gasteiger partial charge in [-0.15, -0.1) is 0 Å². The fourth-order valence-corrected chi connectivity index (χ4v) is 2.14. The second-order valence-corrected chi connectivity index (χ2v) is 4.56. The topological polar surface area (TPSA) is 67.7 Å². The quantitative estimate of drug-likeness (QED) is 0.822. The van der Waals surface area contributed by atoms with Gasteiger partial charge in [0.15, 0.2) is 0 Å². The first-order valence-electron chi connectivity index (χ1n) is 6.89. The molecule has 7 nitrogen and oxygen atoms in total. The molecule has 2 amide bonds. The maximum absolute atomic E-state index is 12.3. The third-order valence-electron chi connectivity index (χ3n) is 3.30. The Balaban J connectivity index is 1.90. The van der Waals surface area contributed by atoms with Crippen LogP contribution < -0.4 is 0 Å². The Morgan fingerprint density at radius 2 is 1.85 bits per heavy atom. The molecule has 1 aromatic heterocycles. The van der Waals surface area contributed by atoms with E-state index in [2.05, 4.69) is 5.10 Å². The van der Waals surface area contributed by atoms with Gasteiger partial charge in [0.25, 0.3) is 5.91 Å². The second-order valence-electron chi connectivity index (χ2n) is 4.56. The van der Waals surface area contributed by atoms with E-state index in [1.807, 2.05) is 6.92 Å². The fraction of sp³-hybridized carbons (Fsp3) is 0.615. The predicted molar refractivity (Wildman–Crippen MR) is 72.4 cm³/mol. The number of aromatic nitrogens is 2. The first kappa shape index (κ1) is 14.4. The Hall–Kier alpha value is -2.05. The number of piperazine rings is 1. The zero-order valence-corrected chi connectivity index (χ0v) is 11.9. The zero-order chi connectivity index (χ0) is 14.5. The van der Waals surface area contributed by atoms with Crippen molar-refractivity contribution in [3.05, 3.63) is 18.0 Å². The van der Waals surface area contributed by atoms with E-state index in [1.54, 1.807) is 33.8 Å². The number of ether oxygens (including phenoxy) is 1. The molecule has 7 heteroatoms. The first-order chi connectivity index (χ1) is 9.65. The standard InChI is InChI=1S/C13H20N4O3/c1-3-17-10-11(9-14-17)12(18)15-5-7-16(8-6-15)13(19)20-4-2/h9-10H,3-8H2,1-2H3. The van der Waals surface area contributed by atoms with E-state index in [4.69, 9.17) is 4.74 Å². The van der Waals surface area contributed by atoms with E-state index in [9.17, 15) is 9.59 Å². The summed E-state index contributed by atoms with van der Waals surface area (Å²) in [6.07, 6.45) is 3.03. The van der Waals surface area contributed by atoms with Gasteiger partial charge in [0.1, 0.15) is 0 Å². The lowest BCUT2D eigenvalue weighted by molar-refractivity contribution is 0.0570. The third-order valence-corrected chi connectivity index (χ3v) is 3.30. The molecule has 1 saturated heterocycles. The molecule has 0 aliphatic carbocycles. The molecule has 0 spiro atoms. The van der Waals surface area contributed by atoms with Gasteiger partial charge in [-0.3, -0.25) is 9.48 Å². The summed E-state index contributed by atoms with van der Waals surface area (Å²) in [5, 5.41) is 4.10. The van der Waals surface area contributed by atoms with Crippen molar-refractivity contribution in [2.24, 2.45) is 0 Å². The molecule has 0 N–H and O–H groups in total. The van der Waals surface area contributed by atoms with Crippen molar-refractivity contribution in [2.75, 3.05) is 32.8 Å². The van der Waals surface area contributed by atoms with Crippen molar-refractivity contribution in [3.63, 3.8) is 0 Å². The SMILES string of the molecule is CCOC(=O)N1CCN(C(=O)c2cnn(CC)c2)CC1. The van der Waals surface area contributed by atoms with E-state index in [-0.39, 0.29) is 12.0 Å². The number of rotatable bonds is 3. The van der Waals surface area contributed by atoms with E-state index >= 15 is 0 Å². The van der Waals surface area contributed by atoms with Gasteiger partial charge in [0, 0.05) is 38.9 Å². The maximum Gasteiger partial charge on any atom is 0.409 e. The lowest BCUT2D eigenvalue weighted by Crippen LogP contribution is -2.50. The number of hydrogen-bond acceptors (Lipinski definition) is 4. The molecule has 1 aliphatic heterocycles. The van der Waals surface area contributed by atoms with E-state index in [1.165, 1.54) is 0 Å². The maximum atomic E-state index is 12.3. The van der Waals surface area contributed by atoms with E-state index in [0.717, 1.165) is 6.54 Å². The van der Waals surface area contributed by atoms with Gasteiger partial charge in [-0.1, -0.05) is 0 Å². The van der Waals surface area contributed by atoms with Crippen LogP contribution in [-0.4, -0.2) is 64.4 Å². The molecule has 1 aliphatic rings. The van der Waals surface area contributed by atoms with Crippen LogP contribution in [0.4, 0.5) is 4.79 Å². The summed E-state index contributed by atoms with van der Waals surface area (Å²) in [5.41, 5.74) is 0.594. The summed E-state index contributed by atoms with van der Waals surface area (Å²) in [5.74, 6) is -0.0341. The lowest BCUT2D eigenvalue weighted by Gasteiger charge is -2.33. The Morgan fingerprint density at radius 1 is 1.20 bits per heavy atom. The summed E-state index contributed by atoms with van der Waals surface area (Å²) >= 11 is 0. The third kappa shape index (κ3) is 3.09. The van der Waals surface area contributed by atoms with Crippen molar-refractivity contribution < 1.29 is 14.3 Å². The molecule has 20 heavy (non-hydrogen) atoms. The highest BCUT2D eigenvalue weighted by atomic mass is 16.6. The van der Waals surface area contributed by atoms with Crippen LogP contribution in [0.2, 0.25) is 0 Å². The van der Waals surface area contributed by atoms with Gasteiger partial charge in [-0.05, 0) is 13.8 Å². The Kier molecular flexibility index (Phi) is 4.60. The van der Waals surface area contributed by atoms with Crippen molar-refractivity contribution in [3.8, 4) is 0 Å². The molecule has 2 rings (SSSR count). The molecular formula is C13H20N4O3. The molecule has 0 aromatic carbocycles. The van der Waals surface area contributed by atoms with E-state index < -0.39 is 0 Å². The second kappa shape index (κ2) is 6.40. The average Bonchev–Trinajstić information content (AvgIpc) is 2.96. The highest BCUT2D eigenvalue weighted by Crippen LogP contribution is 2.09. The molecule has 0 atom stereocenters. The van der Waals surface area contributed by atoms with Gasteiger partial charge in [0.05, 0.1) is 18.4 Å². The molecule has 1 fully saturated rings. The van der Waals surface area contributed by atoms with Crippen molar-refractivity contribution >= 4 is 12.0 Å². The van der Waals surface area contributed by atoms with Gasteiger partial charge in [0.2, 0.25) is 0 Å². The molecule has 0 bridgehead atoms. The molecule has 0 unspecified atom stereocenters. The number of aryl methyl sites for hydroxylation is 1. The Morgan fingerprint density at radius 3 is 2.40 bits per heavy atom. The fourth-order valence-electron chi connectivity index (χ4n) is 2.14. The van der Waals surface area contributed by atoms with Crippen molar-refractivity contribution in [1.29, 1.82) is 0 Å². The number of amides is 2. The van der Waals surface area contributed by atoms with Crippen LogP contribution in [0.3, 0.4) is 0 Å². The predicted octanol–water partition coefficient (Wildman–Crippen LogP) is 0.817. The number of carbonyl (C=O) groups is 2. The van der Waals surface area contributed by atoms with Gasteiger partial charge in [-0.25, -0.2) is 4.79 Å². The molecule has 2 heterocycles. The summed E-state index contributed by atoms with van der Waals surface area (Å²) in [6.45, 7) is 6.92. The van der Waals surface area contributed by atoms with Crippen LogP contribution in [0, 0.1) is 0 Å². The number of carbonyl (C=O) groups excluding carboxylic acids is 2. The normalized spacial score (nSPS) is 15.3. The van der Waals surface area contributed by atoms with Gasteiger partial charge >= 0.3 is 6.09 Å². The number of nitrogens with zero attached hydrogens (tertiary/aromatic N) is 4. The highest BCUT2D eigenvalue weighted by molar-refractivity contribution is 5.93. The van der Waals surface area contributed by atoms with Crippen LogP contribution in [0.25, 0.3) is 0 Å². The molecular weight excluding hydrogens is 260 g/mol. The minimum atomic E-state index is -0.307. The van der Waals surface area contributed by atoms with Gasteiger partial charge < -0.3 is 14.5 Å². The van der Waals surface area contributed by atoms with E-state index in [0.29, 0.717) is 38.3 Å². The van der Waals surface area contributed by atoms with Crippen molar-refractivity contribution in [1.82, 2.24) is 19.6 Å². The average molecular weight is 280 g/mol. The summed E-state index contributed by atoms with van der Waals surface area (Å²) in [7, 11) is 0. The van der Waals surface area contributed by atoms with Crippen molar-refractivity contribution in [2.45, 2.75) is 20.4 Å². The number of hydrogen-bond donors (Lipinski definition) is 0. The zero-order valence-electron chi connectivity index (χ0n) is 11.9. The van der Waals surface area contributed by atoms with Crippen LogP contribution in [0.5, 0.6) is 0 Å². The van der Waals surface area contributed by atoms with Gasteiger partial charge in [-0.2, -0.15) is 5.10 Å². The van der Waals surface area contributed by atoms with Crippen LogP contribution >= 0.6 is 0 Å².